The van der Waals surface area contributed by atoms with Crippen molar-refractivity contribution in [3.8, 4) is 0 Å². The number of amides is 1. The van der Waals surface area contributed by atoms with Gasteiger partial charge in [-0.25, -0.2) is 9.37 Å². The molecule has 0 aliphatic carbocycles. The molecule has 15 heteroatoms. The molecule has 0 spiro atoms. The molecule has 4 nitrogen and oxygen atoms in total. The zero-order valence-electron chi connectivity index (χ0n) is 18.2. The average molecular weight is 607 g/mol. The summed E-state index contributed by atoms with van der Waals surface area (Å²) in [5.41, 5.74) is -1.66. The van der Waals surface area contributed by atoms with Crippen LogP contribution in [0, 0.1) is 0 Å². The molecule has 198 valence electrons. The summed E-state index contributed by atoms with van der Waals surface area (Å²) in [6.07, 6.45) is -8.70. The van der Waals surface area contributed by atoms with Crippen molar-refractivity contribution in [2.45, 2.75) is 18.3 Å². The molecule has 1 heterocycles. The fourth-order valence-electron chi connectivity index (χ4n) is 3.14. The van der Waals surface area contributed by atoms with Crippen molar-refractivity contribution in [1.29, 1.82) is 0 Å². The first-order valence-electron chi connectivity index (χ1n) is 9.84. The standard InChI is InChI=1S/C22H13Cl3F7N3OS/c1-35(20-33-4-5-37-20)34-19(36)12-3-2-10(6-14(12)22(30,31)32)17(26)9-13(21(27,28)29)11-7-15(23)18(25)16(24)8-11/h2-9,13H,1H3,(H,34,36). The third-order valence-electron chi connectivity index (χ3n) is 4.85. The quantitative estimate of drug-likeness (QED) is 0.174. The first-order chi connectivity index (χ1) is 17.1. The molecule has 3 rings (SSSR count). The fraction of sp³-hybridized carbons (Fsp3) is 0.182. The van der Waals surface area contributed by atoms with Gasteiger partial charge in [0.2, 0.25) is 5.13 Å². The molecule has 0 radical (unpaired) electrons. The van der Waals surface area contributed by atoms with Crippen molar-refractivity contribution in [3.63, 3.8) is 0 Å². The number of thiazole rings is 1. The van der Waals surface area contributed by atoms with Crippen molar-refractivity contribution in [3.05, 3.63) is 85.3 Å². The number of benzene rings is 2. The minimum atomic E-state index is -5.14. The molecular weight excluding hydrogens is 594 g/mol. The monoisotopic (exact) mass is 605 g/mol. The van der Waals surface area contributed by atoms with Crippen molar-refractivity contribution < 1.29 is 35.5 Å². The Hall–Kier alpha value is -2.54. The van der Waals surface area contributed by atoms with Gasteiger partial charge in [-0.2, -0.15) is 26.3 Å². The Kier molecular flexibility index (Phi) is 8.68. The Morgan fingerprint density at radius 2 is 1.70 bits per heavy atom. The van der Waals surface area contributed by atoms with E-state index < -0.39 is 52.3 Å². The van der Waals surface area contributed by atoms with Gasteiger partial charge in [-0.15, -0.1) is 11.3 Å². The minimum Gasteiger partial charge on any atom is -0.267 e. The summed E-state index contributed by atoms with van der Waals surface area (Å²) in [4.78, 5) is 16.4. The van der Waals surface area contributed by atoms with Crippen LogP contribution in [0.3, 0.4) is 0 Å². The van der Waals surface area contributed by atoms with E-state index in [-0.39, 0.29) is 32.3 Å². The van der Waals surface area contributed by atoms with Crippen LogP contribution in [0.15, 0.2) is 48.0 Å². The van der Waals surface area contributed by atoms with E-state index >= 15 is 0 Å². The van der Waals surface area contributed by atoms with E-state index in [1.165, 1.54) is 13.2 Å². The molecule has 1 atom stereocenters. The number of aromatic nitrogens is 1. The lowest BCUT2D eigenvalue weighted by atomic mass is 9.95. The van der Waals surface area contributed by atoms with E-state index in [1.807, 2.05) is 0 Å². The lowest BCUT2D eigenvalue weighted by molar-refractivity contribution is -0.140. The maximum atomic E-state index is 15.0. The zero-order chi connectivity index (χ0) is 27.7. The van der Waals surface area contributed by atoms with E-state index in [9.17, 15) is 35.5 Å². The maximum Gasteiger partial charge on any atom is 0.417 e. The number of rotatable bonds is 6. The minimum absolute atomic E-state index is 0.0847. The number of hydrogen-bond donors (Lipinski definition) is 1. The molecule has 1 amide bonds. The SMILES string of the molecule is CN(NC(=O)c1ccc(C(F)=CC(c2cc(Cl)c(Cl)c(Cl)c2)C(F)(F)F)cc1C(F)(F)F)c1nccs1. The molecule has 0 bridgehead atoms. The second-order valence-corrected chi connectivity index (χ2v) is 9.47. The number of carbonyl (C=O) groups is 1. The van der Waals surface area contributed by atoms with Crippen LogP contribution >= 0.6 is 46.1 Å². The van der Waals surface area contributed by atoms with E-state index in [4.69, 9.17) is 34.8 Å². The number of anilines is 1. The molecule has 0 saturated heterocycles. The first kappa shape index (κ1) is 29.0. The normalized spacial score (nSPS) is 13.4. The number of allylic oxidation sites excluding steroid dienone is 1. The van der Waals surface area contributed by atoms with Crippen LogP contribution in [0.4, 0.5) is 35.9 Å². The van der Waals surface area contributed by atoms with Gasteiger partial charge in [0.1, 0.15) is 11.7 Å². The molecule has 37 heavy (non-hydrogen) atoms. The van der Waals surface area contributed by atoms with Gasteiger partial charge in [-0.1, -0.05) is 40.9 Å². The van der Waals surface area contributed by atoms with Crippen LogP contribution in [-0.2, 0) is 6.18 Å². The Morgan fingerprint density at radius 3 is 2.22 bits per heavy atom. The maximum absolute atomic E-state index is 15.0. The van der Waals surface area contributed by atoms with Crippen molar-refractivity contribution >= 4 is 63.0 Å². The second-order valence-electron chi connectivity index (χ2n) is 7.41. The summed E-state index contributed by atoms with van der Waals surface area (Å²) < 4.78 is 97.4. The highest BCUT2D eigenvalue weighted by Crippen LogP contribution is 2.42. The number of alkyl halides is 6. The van der Waals surface area contributed by atoms with Gasteiger partial charge in [0.05, 0.1) is 26.2 Å². The summed E-state index contributed by atoms with van der Waals surface area (Å²) in [6, 6.07) is 3.32. The van der Waals surface area contributed by atoms with Crippen molar-refractivity contribution in [2.75, 3.05) is 12.1 Å². The van der Waals surface area contributed by atoms with E-state index in [0.29, 0.717) is 6.07 Å². The van der Waals surface area contributed by atoms with Gasteiger partial charge >= 0.3 is 12.4 Å². The molecular formula is C22H13Cl3F7N3OS. The molecule has 1 unspecified atom stereocenters. The third-order valence-corrected chi connectivity index (χ3v) is 6.90. The average Bonchev–Trinajstić information content (AvgIpc) is 3.34. The highest BCUT2D eigenvalue weighted by Gasteiger charge is 2.41. The second kappa shape index (κ2) is 11.1. The van der Waals surface area contributed by atoms with Crippen LogP contribution in [0.1, 0.15) is 33.0 Å². The summed E-state index contributed by atoms with van der Waals surface area (Å²) in [7, 11) is 1.34. The number of hydrogen-bond acceptors (Lipinski definition) is 4. The van der Waals surface area contributed by atoms with E-state index in [0.717, 1.165) is 34.5 Å². The fourth-order valence-corrected chi connectivity index (χ4v) is 4.33. The highest BCUT2D eigenvalue weighted by molar-refractivity contribution is 7.13. The van der Waals surface area contributed by atoms with Crippen LogP contribution in [0.2, 0.25) is 15.1 Å². The number of halogens is 10. The molecule has 0 aliphatic rings. The highest BCUT2D eigenvalue weighted by atomic mass is 35.5. The zero-order valence-corrected chi connectivity index (χ0v) is 21.3. The Bertz CT molecular complexity index is 1310. The lowest BCUT2D eigenvalue weighted by Gasteiger charge is -2.20. The van der Waals surface area contributed by atoms with Gasteiger partial charge in [0, 0.05) is 24.2 Å². The van der Waals surface area contributed by atoms with Crippen molar-refractivity contribution in [2.24, 2.45) is 0 Å². The van der Waals surface area contributed by atoms with Crippen molar-refractivity contribution in [1.82, 2.24) is 10.4 Å². The summed E-state index contributed by atoms with van der Waals surface area (Å²) in [5.74, 6) is -5.44. The number of carbonyl (C=O) groups excluding carboxylic acids is 1. The molecule has 3 aromatic rings. The Labute approximate surface area is 224 Å². The molecule has 2 aromatic carbocycles. The molecule has 0 saturated carbocycles. The summed E-state index contributed by atoms with van der Waals surface area (Å²) in [6.45, 7) is 0. The van der Waals surface area contributed by atoms with Crippen LogP contribution < -0.4 is 10.4 Å². The topological polar surface area (TPSA) is 45.2 Å². The Balaban J connectivity index is 2.02. The molecule has 1 aromatic heterocycles. The smallest absolute Gasteiger partial charge is 0.267 e. The van der Waals surface area contributed by atoms with Crippen LogP contribution in [-0.4, -0.2) is 24.1 Å². The molecule has 1 N–H and O–H groups in total. The Morgan fingerprint density at radius 1 is 1.08 bits per heavy atom. The summed E-state index contributed by atoms with van der Waals surface area (Å²) in [5, 5.41) is 2.05. The lowest BCUT2D eigenvalue weighted by Crippen LogP contribution is -2.40. The predicted octanol–water partition coefficient (Wildman–Crippen LogP) is 8.56. The first-order valence-corrected chi connectivity index (χ1v) is 11.8. The predicted molar refractivity (Wildman–Crippen MR) is 129 cm³/mol. The third kappa shape index (κ3) is 6.86. The number of hydrazine groups is 1. The number of nitrogens with zero attached hydrogens (tertiary/aromatic N) is 2. The van der Waals surface area contributed by atoms with Gasteiger partial charge in [-0.05, 0) is 35.9 Å². The van der Waals surface area contributed by atoms with Gasteiger partial charge in [0.15, 0.2) is 0 Å². The molecule has 0 aliphatic heterocycles. The van der Waals surface area contributed by atoms with Gasteiger partial charge in [-0.3, -0.25) is 15.2 Å². The van der Waals surface area contributed by atoms with Gasteiger partial charge in [0.25, 0.3) is 5.91 Å². The van der Waals surface area contributed by atoms with Crippen LogP contribution in [0.5, 0.6) is 0 Å². The largest absolute Gasteiger partial charge is 0.417 e. The number of nitrogens with one attached hydrogen (secondary N) is 1. The van der Waals surface area contributed by atoms with E-state index in [1.54, 1.807) is 5.38 Å². The molecule has 0 fully saturated rings. The summed E-state index contributed by atoms with van der Waals surface area (Å²) >= 11 is 18.4. The van der Waals surface area contributed by atoms with E-state index in [2.05, 4.69) is 10.4 Å². The van der Waals surface area contributed by atoms with Crippen LogP contribution in [0.25, 0.3) is 5.83 Å². The van der Waals surface area contributed by atoms with Gasteiger partial charge < -0.3 is 0 Å².